The maximum atomic E-state index is 13.5. The average Bonchev–Trinajstić information content (AvgIpc) is 3.47. The summed E-state index contributed by atoms with van der Waals surface area (Å²) in [6.45, 7) is 3.68. The Balaban J connectivity index is 1.39. The van der Waals surface area contributed by atoms with Crippen molar-refractivity contribution in [2.24, 2.45) is 5.92 Å². The number of furan rings is 1. The third-order valence-electron chi connectivity index (χ3n) is 7.24. The zero-order valence-electron chi connectivity index (χ0n) is 21.3. The summed E-state index contributed by atoms with van der Waals surface area (Å²) in [5, 5.41) is 8.72. The maximum absolute atomic E-state index is 13.5. The van der Waals surface area contributed by atoms with Gasteiger partial charge in [0.25, 0.3) is 5.91 Å². The van der Waals surface area contributed by atoms with Crippen LogP contribution in [0.4, 0.5) is 17.2 Å². The number of nitrogens with zero attached hydrogens (tertiary/aromatic N) is 3. The molecule has 0 bridgehead atoms. The van der Waals surface area contributed by atoms with E-state index in [4.69, 9.17) is 16.0 Å². The van der Waals surface area contributed by atoms with Crippen LogP contribution in [0, 0.1) is 5.92 Å². The van der Waals surface area contributed by atoms with E-state index in [9.17, 15) is 14.4 Å². The van der Waals surface area contributed by atoms with Gasteiger partial charge in [-0.25, -0.2) is 9.97 Å². The van der Waals surface area contributed by atoms with Gasteiger partial charge in [0.05, 0.1) is 16.9 Å². The predicted molar refractivity (Wildman–Crippen MR) is 145 cm³/mol. The van der Waals surface area contributed by atoms with Gasteiger partial charge in [0, 0.05) is 31.1 Å². The molecule has 1 aliphatic carbocycles. The molecule has 2 aliphatic rings. The first kappa shape index (κ1) is 26.1. The van der Waals surface area contributed by atoms with Gasteiger partial charge >= 0.3 is 0 Å². The van der Waals surface area contributed by atoms with Crippen molar-refractivity contribution in [3.63, 3.8) is 0 Å². The fourth-order valence-electron chi connectivity index (χ4n) is 5.39. The summed E-state index contributed by atoms with van der Waals surface area (Å²) < 4.78 is 5.88. The van der Waals surface area contributed by atoms with Crippen molar-refractivity contribution in [1.29, 1.82) is 0 Å². The number of aromatic nitrogens is 2. The van der Waals surface area contributed by atoms with Crippen LogP contribution in [0.5, 0.6) is 0 Å². The Labute approximate surface area is 225 Å². The van der Waals surface area contributed by atoms with Crippen LogP contribution in [0.15, 0.2) is 35.0 Å². The Hall–Kier alpha value is -3.50. The molecule has 200 valence electrons. The highest BCUT2D eigenvalue weighted by Crippen LogP contribution is 2.34. The first-order valence-corrected chi connectivity index (χ1v) is 13.4. The van der Waals surface area contributed by atoms with Crippen molar-refractivity contribution in [2.75, 3.05) is 29.0 Å². The highest BCUT2D eigenvalue weighted by Gasteiger charge is 2.31. The van der Waals surface area contributed by atoms with Crippen LogP contribution in [0.25, 0.3) is 11.1 Å². The van der Waals surface area contributed by atoms with Gasteiger partial charge in [0.2, 0.25) is 17.6 Å². The summed E-state index contributed by atoms with van der Waals surface area (Å²) in [7, 11) is 0. The van der Waals surface area contributed by atoms with Gasteiger partial charge < -0.3 is 25.3 Å². The van der Waals surface area contributed by atoms with Gasteiger partial charge in [0.1, 0.15) is 17.0 Å². The van der Waals surface area contributed by atoms with Gasteiger partial charge in [-0.15, -0.1) is 0 Å². The number of rotatable bonds is 6. The van der Waals surface area contributed by atoms with Crippen LogP contribution >= 0.6 is 11.6 Å². The molecule has 2 atom stereocenters. The summed E-state index contributed by atoms with van der Waals surface area (Å²) in [5.41, 5.74) is 1.20. The summed E-state index contributed by atoms with van der Waals surface area (Å²) in [6.07, 6.45) is 10.0. The van der Waals surface area contributed by atoms with E-state index in [1.807, 2.05) is 0 Å². The third-order valence-corrected chi connectivity index (χ3v) is 7.46. The molecule has 1 aliphatic heterocycles. The number of likely N-dealkylation sites (tertiary alicyclic amines) is 1. The SMILES string of the molecule is CC(=O)Nc1cnc2c(NC(=O)[C@H]3CCCC(N4CCCC4)CC3)c(C(=O)Nc3ccc(Cl)cn3)oc2c1. The van der Waals surface area contributed by atoms with E-state index in [1.54, 1.807) is 18.2 Å². The standard InChI is InChI=1S/C27H31ClN6O4/c1-16(35)31-19-13-21-23(30-15-19)24(25(38-21)27(37)32-22-10-8-18(28)14-29-22)33-26(36)17-5-4-6-20(9-7-17)34-11-2-3-12-34/h8,10,13-15,17,20H,2-7,9,11-12H2,1H3,(H,31,35)(H,33,36)(H,29,32,37)/t17-,20?/m0/s1. The number of hydrogen-bond donors (Lipinski definition) is 3. The van der Waals surface area contributed by atoms with E-state index in [-0.39, 0.29) is 40.6 Å². The minimum Gasteiger partial charge on any atom is -0.447 e. The van der Waals surface area contributed by atoms with Gasteiger partial charge in [-0.3, -0.25) is 14.4 Å². The van der Waals surface area contributed by atoms with E-state index in [0.29, 0.717) is 22.3 Å². The highest BCUT2D eigenvalue weighted by molar-refractivity contribution is 6.30. The second kappa shape index (κ2) is 11.5. The Morgan fingerprint density at radius 2 is 1.79 bits per heavy atom. The molecule has 11 heteroatoms. The number of carbonyl (C=O) groups excluding carboxylic acids is 3. The lowest BCUT2D eigenvalue weighted by molar-refractivity contribution is -0.120. The van der Waals surface area contributed by atoms with Crippen LogP contribution in [0.1, 0.15) is 62.4 Å². The fourth-order valence-corrected chi connectivity index (χ4v) is 5.50. The molecule has 2 fully saturated rings. The zero-order valence-corrected chi connectivity index (χ0v) is 22.0. The zero-order chi connectivity index (χ0) is 26.6. The van der Waals surface area contributed by atoms with Crippen molar-refractivity contribution in [3.05, 3.63) is 41.4 Å². The Morgan fingerprint density at radius 1 is 0.974 bits per heavy atom. The Kier molecular flexibility index (Phi) is 7.90. The largest absolute Gasteiger partial charge is 0.447 e. The van der Waals surface area contributed by atoms with E-state index >= 15 is 0 Å². The van der Waals surface area contributed by atoms with Crippen molar-refractivity contribution in [2.45, 2.75) is 57.9 Å². The number of fused-ring (bicyclic) bond motifs is 1. The second-order valence-electron chi connectivity index (χ2n) is 9.97. The van der Waals surface area contributed by atoms with Crippen molar-refractivity contribution in [3.8, 4) is 0 Å². The molecule has 4 heterocycles. The van der Waals surface area contributed by atoms with Gasteiger partial charge in [-0.1, -0.05) is 18.0 Å². The molecule has 0 radical (unpaired) electrons. The molecule has 1 saturated heterocycles. The quantitative estimate of drug-likeness (QED) is 0.373. The van der Waals surface area contributed by atoms with E-state index < -0.39 is 5.91 Å². The summed E-state index contributed by atoms with van der Waals surface area (Å²) in [5.74, 6) is -0.995. The lowest BCUT2D eigenvalue weighted by Gasteiger charge is -2.26. The van der Waals surface area contributed by atoms with Gasteiger partial charge in [0.15, 0.2) is 5.58 Å². The highest BCUT2D eigenvalue weighted by atomic mass is 35.5. The van der Waals surface area contributed by atoms with Crippen LogP contribution in [0.2, 0.25) is 5.02 Å². The lowest BCUT2D eigenvalue weighted by atomic mass is 9.99. The molecule has 1 saturated carbocycles. The molecular formula is C27H31ClN6O4. The van der Waals surface area contributed by atoms with Gasteiger partial charge in [-0.05, 0) is 63.7 Å². The third kappa shape index (κ3) is 5.97. The van der Waals surface area contributed by atoms with Crippen molar-refractivity contribution in [1.82, 2.24) is 14.9 Å². The molecule has 38 heavy (non-hydrogen) atoms. The number of anilines is 3. The monoisotopic (exact) mass is 538 g/mol. The predicted octanol–water partition coefficient (Wildman–Crippen LogP) is 5.07. The van der Waals surface area contributed by atoms with Crippen LogP contribution in [-0.2, 0) is 9.59 Å². The molecule has 5 rings (SSSR count). The Bertz CT molecular complexity index is 1340. The molecule has 0 spiro atoms. The molecule has 3 N–H and O–H groups in total. The topological polar surface area (TPSA) is 129 Å². The first-order valence-electron chi connectivity index (χ1n) is 13.1. The molecule has 0 aromatic carbocycles. The molecule has 3 aromatic rings. The minimum absolute atomic E-state index is 0.0962. The van der Waals surface area contributed by atoms with Crippen molar-refractivity contribution >= 4 is 57.6 Å². The molecule has 3 aromatic heterocycles. The lowest BCUT2D eigenvalue weighted by Crippen LogP contribution is -2.32. The second-order valence-corrected chi connectivity index (χ2v) is 10.4. The van der Waals surface area contributed by atoms with E-state index in [1.165, 1.54) is 32.2 Å². The first-order chi connectivity index (χ1) is 18.4. The van der Waals surface area contributed by atoms with E-state index in [0.717, 1.165) is 45.2 Å². The maximum Gasteiger partial charge on any atom is 0.294 e. The molecule has 3 amide bonds. The van der Waals surface area contributed by atoms with Crippen LogP contribution in [-0.4, -0.2) is 51.7 Å². The molecular weight excluding hydrogens is 508 g/mol. The van der Waals surface area contributed by atoms with Gasteiger partial charge in [-0.2, -0.15) is 0 Å². The number of carbonyl (C=O) groups is 3. The number of halogens is 1. The smallest absolute Gasteiger partial charge is 0.294 e. The number of nitrogens with one attached hydrogen (secondary N) is 3. The number of pyridine rings is 2. The normalized spacial score (nSPS) is 20.2. The van der Waals surface area contributed by atoms with Crippen LogP contribution < -0.4 is 16.0 Å². The molecule has 10 nitrogen and oxygen atoms in total. The summed E-state index contributed by atoms with van der Waals surface area (Å²) in [6, 6.07) is 5.28. The summed E-state index contributed by atoms with van der Waals surface area (Å²) >= 11 is 5.90. The fraction of sp³-hybridized carbons (Fsp3) is 0.444. The minimum atomic E-state index is -0.593. The average molecular weight is 539 g/mol. The van der Waals surface area contributed by atoms with Crippen molar-refractivity contribution < 1.29 is 18.8 Å². The number of hydrogen-bond acceptors (Lipinski definition) is 7. The van der Waals surface area contributed by atoms with E-state index in [2.05, 4.69) is 30.8 Å². The van der Waals surface area contributed by atoms with Crippen LogP contribution in [0.3, 0.4) is 0 Å². The number of amides is 3. The Morgan fingerprint density at radius 3 is 2.53 bits per heavy atom. The molecule has 1 unspecified atom stereocenters. The summed E-state index contributed by atoms with van der Waals surface area (Å²) in [4.78, 5) is 49.2.